The van der Waals surface area contributed by atoms with E-state index in [1.807, 2.05) is 0 Å². The average molecular weight is 268 g/mol. The molecule has 13 heavy (non-hydrogen) atoms. The van der Waals surface area contributed by atoms with E-state index in [9.17, 15) is 13.2 Å². The van der Waals surface area contributed by atoms with Gasteiger partial charge in [-0.3, -0.25) is 6.08 Å². The first-order valence-corrected chi connectivity index (χ1v) is 2.91. The van der Waals surface area contributed by atoms with E-state index in [1.54, 1.807) is 6.08 Å². The topological polar surface area (TPSA) is 0 Å². The summed E-state index contributed by atoms with van der Waals surface area (Å²) in [4.78, 5) is 0. The number of halogens is 5. The van der Waals surface area contributed by atoms with Crippen molar-refractivity contribution >= 4 is 24.8 Å². The van der Waals surface area contributed by atoms with Crippen LogP contribution in [0.5, 0.6) is 0 Å². The smallest absolute Gasteiger partial charge is 0.266 e. The molecule has 0 amide bonds. The fraction of sp³-hybridized carbons (Fsp3) is 0.429. The maximum Gasteiger partial charge on any atom is 0.270 e. The van der Waals surface area contributed by atoms with Crippen molar-refractivity contribution in [1.82, 2.24) is 0 Å². The van der Waals surface area contributed by atoms with Crippen molar-refractivity contribution in [1.29, 1.82) is 0 Å². The van der Waals surface area contributed by atoms with Crippen LogP contribution in [-0.2, 0) is 21.7 Å². The van der Waals surface area contributed by atoms with E-state index in [0.29, 0.717) is 6.42 Å². The second-order valence-electron chi connectivity index (χ2n) is 1.97. The molecular weight excluding hydrogens is 260 g/mol. The third-order valence-corrected chi connectivity index (χ3v) is 1.24. The number of hydrogen-bond donors (Lipinski definition) is 0. The molecule has 0 radical (unpaired) electrons. The van der Waals surface area contributed by atoms with Crippen LogP contribution in [-0.4, -0.2) is 12.6 Å². The first-order chi connectivity index (χ1) is 4.72. The molecule has 0 bridgehead atoms. The summed E-state index contributed by atoms with van der Waals surface area (Å²) in [7, 11) is 0. The van der Waals surface area contributed by atoms with Crippen LogP contribution in [0, 0.1) is 6.08 Å². The minimum atomic E-state index is -2.93. The van der Waals surface area contributed by atoms with Gasteiger partial charge in [-0.1, -0.05) is 0 Å². The van der Waals surface area contributed by atoms with Gasteiger partial charge in [0, 0.05) is 21.7 Å². The maximum absolute atomic E-state index is 12.3. The predicted octanol–water partition coefficient (Wildman–Crippen LogP) is 3.12. The number of allylic oxidation sites excluding steroid dienone is 4. The molecule has 0 aromatic heterocycles. The van der Waals surface area contributed by atoms with Gasteiger partial charge >= 0.3 is 0 Å². The summed E-state index contributed by atoms with van der Waals surface area (Å²) in [5.41, 5.74) is -0.0185. The third kappa shape index (κ3) is 5.79. The Morgan fingerprint density at radius 3 is 2.08 bits per heavy atom. The maximum atomic E-state index is 12.3. The zero-order valence-electron chi connectivity index (χ0n) is 6.47. The third-order valence-electron chi connectivity index (χ3n) is 1.24. The molecule has 0 saturated heterocycles. The molecule has 1 rings (SSSR count). The molecule has 0 aliphatic heterocycles. The SMILES string of the molecule is Cl.Cl.FC(F)C(F)C1=[C-]CC=C1.[Ti]. The van der Waals surface area contributed by atoms with Gasteiger partial charge in [-0.2, -0.15) is 11.6 Å². The van der Waals surface area contributed by atoms with Crippen LogP contribution >= 0.6 is 24.8 Å². The Kier molecular flexibility index (Phi) is 13.5. The first kappa shape index (κ1) is 19.2. The van der Waals surface area contributed by atoms with Crippen molar-refractivity contribution in [3.05, 3.63) is 23.8 Å². The molecule has 1 unspecified atom stereocenters. The Hall–Kier alpha value is 0.564. The molecule has 0 heterocycles. The summed E-state index contributed by atoms with van der Waals surface area (Å²) in [5.74, 6) is 0. The minimum Gasteiger partial charge on any atom is -0.266 e. The monoisotopic (exact) mass is 267 g/mol. The summed E-state index contributed by atoms with van der Waals surface area (Å²) in [5, 5.41) is 0. The second kappa shape index (κ2) is 9.13. The van der Waals surface area contributed by atoms with E-state index in [-0.39, 0.29) is 52.1 Å². The molecule has 0 nitrogen and oxygen atoms in total. The number of rotatable bonds is 2. The Bertz CT molecular complexity index is 183. The molecule has 0 N–H and O–H groups in total. The standard InChI is InChI=1S/C7H6F3.2ClH.Ti/c8-6(7(9)10)5-3-1-2-4-5;;;/h1,3,6-7H,2H2;2*1H;/q-1;;;. The van der Waals surface area contributed by atoms with Crippen LogP contribution < -0.4 is 0 Å². The Morgan fingerprint density at radius 1 is 1.23 bits per heavy atom. The predicted molar refractivity (Wildman–Crippen MR) is 45.9 cm³/mol. The quantitative estimate of drug-likeness (QED) is 0.533. The van der Waals surface area contributed by atoms with E-state index >= 15 is 0 Å². The van der Waals surface area contributed by atoms with E-state index in [4.69, 9.17) is 0 Å². The largest absolute Gasteiger partial charge is 0.270 e. The molecule has 1 atom stereocenters. The van der Waals surface area contributed by atoms with Crippen molar-refractivity contribution in [3.63, 3.8) is 0 Å². The fourth-order valence-electron chi connectivity index (χ4n) is 0.747. The molecular formula is C7H8Cl2F3Ti-. The summed E-state index contributed by atoms with van der Waals surface area (Å²) in [6, 6.07) is 0. The van der Waals surface area contributed by atoms with Gasteiger partial charge in [-0.25, -0.2) is 19.2 Å². The normalized spacial score (nSPS) is 15.2. The average Bonchev–Trinajstić information content (AvgIpc) is 2.36. The van der Waals surface area contributed by atoms with E-state index in [1.165, 1.54) is 6.08 Å². The van der Waals surface area contributed by atoms with E-state index in [0.717, 1.165) is 0 Å². The number of hydrogen-bond acceptors (Lipinski definition) is 0. The molecule has 1 aliphatic carbocycles. The van der Waals surface area contributed by atoms with Crippen molar-refractivity contribution < 1.29 is 34.9 Å². The molecule has 0 spiro atoms. The molecule has 6 heteroatoms. The Morgan fingerprint density at radius 2 is 1.77 bits per heavy atom. The zero-order valence-corrected chi connectivity index (χ0v) is 9.66. The van der Waals surface area contributed by atoms with Gasteiger partial charge in [0.15, 0.2) is 6.17 Å². The Balaban J connectivity index is -0.000000333. The van der Waals surface area contributed by atoms with Crippen molar-refractivity contribution in [3.8, 4) is 0 Å². The Labute approximate surface area is 102 Å². The fourth-order valence-corrected chi connectivity index (χ4v) is 0.747. The van der Waals surface area contributed by atoms with Gasteiger partial charge in [-0.05, 0) is 0 Å². The van der Waals surface area contributed by atoms with E-state index < -0.39 is 12.6 Å². The molecule has 0 aromatic rings. The van der Waals surface area contributed by atoms with Crippen molar-refractivity contribution in [2.24, 2.45) is 0 Å². The summed E-state index contributed by atoms with van der Waals surface area (Å²) in [6.07, 6.45) is 0.801. The second-order valence-corrected chi connectivity index (χ2v) is 1.97. The minimum absolute atomic E-state index is 0. The summed E-state index contributed by atoms with van der Waals surface area (Å²) in [6.45, 7) is 0. The van der Waals surface area contributed by atoms with Crippen LogP contribution in [0.2, 0.25) is 0 Å². The van der Waals surface area contributed by atoms with Crippen LogP contribution in [0.4, 0.5) is 13.2 Å². The molecule has 0 saturated carbocycles. The van der Waals surface area contributed by atoms with Gasteiger partial charge in [0.05, 0.1) is 0 Å². The van der Waals surface area contributed by atoms with Gasteiger partial charge in [0.1, 0.15) is 0 Å². The van der Waals surface area contributed by atoms with Gasteiger partial charge in [0.25, 0.3) is 6.43 Å². The summed E-state index contributed by atoms with van der Waals surface area (Å²) >= 11 is 0. The molecule has 76 valence electrons. The number of alkyl halides is 3. The van der Waals surface area contributed by atoms with E-state index in [2.05, 4.69) is 6.08 Å². The van der Waals surface area contributed by atoms with Crippen molar-refractivity contribution in [2.45, 2.75) is 19.0 Å². The first-order valence-electron chi connectivity index (χ1n) is 2.91. The van der Waals surface area contributed by atoms with Crippen LogP contribution in [0.15, 0.2) is 17.7 Å². The van der Waals surface area contributed by atoms with Crippen molar-refractivity contribution in [2.75, 3.05) is 0 Å². The van der Waals surface area contributed by atoms with Crippen LogP contribution in [0.25, 0.3) is 0 Å². The summed E-state index contributed by atoms with van der Waals surface area (Å²) < 4.78 is 35.6. The van der Waals surface area contributed by atoms with Gasteiger partial charge in [0.2, 0.25) is 0 Å². The van der Waals surface area contributed by atoms with Gasteiger partial charge in [-0.15, -0.1) is 31.2 Å². The molecule has 0 aromatic carbocycles. The zero-order chi connectivity index (χ0) is 7.56. The van der Waals surface area contributed by atoms with Gasteiger partial charge < -0.3 is 0 Å². The van der Waals surface area contributed by atoms with Crippen LogP contribution in [0.1, 0.15) is 6.42 Å². The molecule has 1 aliphatic rings. The molecule has 0 fully saturated rings. The van der Waals surface area contributed by atoms with Crippen LogP contribution in [0.3, 0.4) is 0 Å².